The van der Waals surface area contributed by atoms with Crippen LogP contribution in [0.3, 0.4) is 0 Å². The lowest BCUT2D eigenvalue weighted by Crippen LogP contribution is -2.37. The Balaban J connectivity index is 1.62. The predicted octanol–water partition coefficient (Wildman–Crippen LogP) is 3.14. The number of sulfone groups is 1. The van der Waals surface area contributed by atoms with Crippen LogP contribution >= 0.6 is 0 Å². The van der Waals surface area contributed by atoms with Crippen molar-refractivity contribution in [3.63, 3.8) is 0 Å². The van der Waals surface area contributed by atoms with Crippen molar-refractivity contribution in [2.75, 3.05) is 24.2 Å². The molecule has 2 aromatic carbocycles. The first kappa shape index (κ1) is 21.9. The zero-order valence-corrected chi connectivity index (χ0v) is 17.0. The van der Waals surface area contributed by atoms with Gasteiger partial charge in [0.1, 0.15) is 5.75 Å². The van der Waals surface area contributed by atoms with E-state index in [1.54, 1.807) is 30.3 Å². The Kier molecular flexibility index (Phi) is 6.25. The van der Waals surface area contributed by atoms with Crippen molar-refractivity contribution in [1.82, 2.24) is 5.32 Å². The third kappa shape index (κ3) is 6.38. The van der Waals surface area contributed by atoms with Crippen LogP contribution < -0.4 is 15.0 Å². The van der Waals surface area contributed by atoms with Gasteiger partial charge in [-0.15, -0.1) is 13.2 Å². The number of halogens is 3. The molecule has 1 N–H and O–H groups in total. The third-order valence-electron chi connectivity index (χ3n) is 4.56. The summed E-state index contributed by atoms with van der Waals surface area (Å²) in [4.78, 5) is 14.4. The van der Waals surface area contributed by atoms with Gasteiger partial charge < -0.3 is 15.0 Å². The van der Waals surface area contributed by atoms with Gasteiger partial charge in [0.05, 0.1) is 5.75 Å². The molecule has 162 valence electrons. The minimum absolute atomic E-state index is 0.151. The molecule has 1 aliphatic heterocycles. The monoisotopic (exact) mass is 442 g/mol. The van der Waals surface area contributed by atoms with Crippen LogP contribution in [-0.4, -0.2) is 46.1 Å². The first-order valence-corrected chi connectivity index (χ1v) is 11.2. The summed E-state index contributed by atoms with van der Waals surface area (Å²) in [5.41, 5.74) is 1.46. The first-order valence-electron chi connectivity index (χ1n) is 9.17. The summed E-state index contributed by atoms with van der Waals surface area (Å²) in [6, 6.07) is 11.9. The summed E-state index contributed by atoms with van der Waals surface area (Å²) in [5.74, 6) is -0.775. The number of ether oxygens (including phenoxy) is 1. The van der Waals surface area contributed by atoms with Gasteiger partial charge >= 0.3 is 6.36 Å². The van der Waals surface area contributed by atoms with Crippen LogP contribution in [0.4, 0.5) is 18.9 Å². The summed E-state index contributed by atoms with van der Waals surface area (Å²) in [5, 5.41) is 2.90. The van der Waals surface area contributed by atoms with Crippen molar-refractivity contribution in [1.29, 1.82) is 0 Å². The van der Waals surface area contributed by atoms with E-state index in [0.717, 1.165) is 6.26 Å². The highest BCUT2D eigenvalue weighted by Crippen LogP contribution is 2.28. The highest BCUT2D eigenvalue weighted by Gasteiger charge is 2.31. The summed E-state index contributed by atoms with van der Waals surface area (Å²) in [7, 11) is -3.21. The van der Waals surface area contributed by atoms with Gasteiger partial charge in [0.15, 0.2) is 9.84 Å². The number of amides is 1. The number of rotatable bonds is 6. The van der Waals surface area contributed by atoms with Gasteiger partial charge in [0, 0.05) is 42.7 Å². The zero-order chi connectivity index (χ0) is 21.9. The van der Waals surface area contributed by atoms with Gasteiger partial charge in [-0.1, -0.05) is 18.2 Å². The normalized spacial score (nSPS) is 17.1. The Hall–Kier alpha value is -2.75. The second-order valence-electron chi connectivity index (χ2n) is 7.22. The molecule has 1 amide bonds. The number of carbonyl (C=O) groups is 1. The molecule has 1 saturated heterocycles. The number of carbonyl (C=O) groups excluding carboxylic acids is 1. The third-order valence-corrected chi connectivity index (χ3v) is 5.42. The van der Waals surface area contributed by atoms with Crippen LogP contribution in [0.2, 0.25) is 0 Å². The van der Waals surface area contributed by atoms with E-state index in [1.807, 2.05) is 4.90 Å². The van der Waals surface area contributed by atoms with Crippen LogP contribution in [0.25, 0.3) is 0 Å². The first-order chi connectivity index (χ1) is 14.0. The highest BCUT2D eigenvalue weighted by atomic mass is 32.2. The zero-order valence-electron chi connectivity index (χ0n) is 16.1. The van der Waals surface area contributed by atoms with E-state index in [2.05, 4.69) is 10.1 Å². The van der Waals surface area contributed by atoms with Gasteiger partial charge in [-0.25, -0.2) is 8.42 Å². The van der Waals surface area contributed by atoms with Crippen LogP contribution in [0.5, 0.6) is 5.75 Å². The molecule has 6 nitrogen and oxygen atoms in total. The van der Waals surface area contributed by atoms with Gasteiger partial charge in [0.2, 0.25) is 0 Å². The van der Waals surface area contributed by atoms with Crippen LogP contribution in [0.15, 0.2) is 48.5 Å². The SMILES string of the molecule is CS(=O)(=O)Cc1cccc(C(=O)NC2CCN(c3cccc(OC(F)(F)F)c3)C2)c1. The summed E-state index contributed by atoms with van der Waals surface area (Å²) >= 11 is 0. The lowest BCUT2D eigenvalue weighted by atomic mass is 10.1. The fourth-order valence-corrected chi connectivity index (χ4v) is 4.15. The number of benzene rings is 2. The molecule has 0 aliphatic carbocycles. The molecule has 30 heavy (non-hydrogen) atoms. The Morgan fingerprint density at radius 2 is 1.93 bits per heavy atom. The largest absolute Gasteiger partial charge is 0.573 e. The molecule has 10 heteroatoms. The smallest absolute Gasteiger partial charge is 0.406 e. The number of nitrogens with one attached hydrogen (secondary N) is 1. The molecular weight excluding hydrogens is 421 g/mol. The van der Waals surface area contributed by atoms with Crippen LogP contribution in [0, 0.1) is 0 Å². The van der Waals surface area contributed by atoms with Crippen molar-refractivity contribution in [2.45, 2.75) is 24.6 Å². The molecule has 1 unspecified atom stereocenters. The molecule has 1 heterocycles. The molecule has 1 aliphatic rings. The lowest BCUT2D eigenvalue weighted by molar-refractivity contribution is -0.274. The quantitative estimate of drug-likeness (QED) is 0.744. The van der Waals surface area contributed by atoms with Crippen molar-refractivity contribution in [3.8, 4) is 5.75 Å². The minimum Gasteiger partial charge on any atom is -0.406 e. The summed E-state index contributed by atoms with van der Waals surface area (Å²) in [6.07, 6.45) is -3.01. The van der Waals surface area contributed by atoms with E-state index in [0.29, 0.717) is 36.3 Å². The fraction of sp³-hybridized carbons (Fsp3) is 0.350. The molecule has 2 aromatic rings. The van der Waals surface area contributed by atoms with Crippen molar-refractivity contribution >= 4 is 21.4 Å². The maximum absolute atomic E-state index is 12.5. The van der Waals surface area contributed by atoms with Crippen LogP contribution in [0.1, 0.15) is 22.3 Å². The van der Waals surface area contributed by atoms with Gasteiger partial charge in [-0.2, -0.15) is 0 Å². The number of alkyl halides is 3. The Labute approximate surface area is 172 Å². The van der Waals surface area contributed by atoms with E-state index < -0.39 is 16.2 Å². The summed E-state index contributed by atoms with van der Waals surface area (Å²) in [6.45, 7) is 0.999. The number of hydrogen-bond donors (Lipinski definition) is 1. The Morgan fingerprint density at radius 1 is 1.20 bits per heavy atom. The molecule has 0 spiro atoms. The van der Waals surface area contributed by atoms with E-state index in [4.69, 9.17) is 0 Å². The minimum atomic E-state index is -4.76. The molecule has 1 atom stereocenters. The second kappa shape index (κ2) is 8.55. The molecule has 0 aromatic heterocycles. The topological polar surface area (TPSA) is 75.7 Å². The van der Waals surface area contributed by atoms with Crippen molar-refractivity contribution in [2.24, 2.45) is 0 Å². The number of hydrogen-bond acceptors (Lipinski definition) is 5. The van der Waals surface area contributed by atoms with E-state index in [9.17, 15) is 26.4 Å². The summed E-state index contributed by atoms with van der Waals surface area (Å²) < 4.78 is 64.1. The molecule has 0 saturated carbocycles. The molecular formula is C20H21F3N2O4S. The van der Waals surface area contributed by atoms with Crippen molar-refractivity contribution < 1.29 is 31.1 Å². The standard InChI is InChI=1S/C20H21F3N2O4S/c1-30(27,28)13-14-4-2-5-15(10-14)19(26)24-16-8-9-25(12-16)17-6-3-7-18(11-17)29-20(21,22)23/h2-7,10-11,16H,8-9,12-13H2,1H3,(H,24,26). The Morgan fingerprint density at radius 3 is 2.63 bits per heavy atom. The average Bonchev–Trinajstić information content (AvgIpc) is 3.08. The van der Waals surface area contributed by atoms with Gasteiger partial charge in [0.25, 0.3) is 5.91 Å². The fourth-order valence-electron chi connectivity index (χ4n) is 3.36. The molecule has 3 rings (SSSR count). The number of anilines is 1. The van der Waals surface area contributed by atoms with E-state index in [-0.39, 0.29) is 23.5 Å². The van der Waals surface area contributed by atoms with E-state index >= 15 is 0 Å². The van der Waals surface area contributed by atoms with Crippen LogP contribution in [-0.2, 0) is 15.6 Å². The Bertz CT molecular complexity index is 1020. The van der Waals surface area contributed by atoms with Gasteiger partial charge in [-0.3, -0.25) is 4.79 Å². The molecule has 1 fully saturated rings. The lowest BCUT2D eigenvalue weighted by Gasteiger charge is -2.20. The second-order valence-corrected chi connectivity index (χ2v) is 9.36. The molecule has 0 bridgehead atoms. The van der Waals surface area contributed by atoms with E-state index in [1.165, 1.54) is 18.2 Å². The maximum Gasteiger partial charge on any atom is 0.573 e. The highest BCUT2D eigenvalue weighted by molar-refractivity contribution is 7.89. The number of nitrogens with zero attached hydrogens (tertiary/aromatic N) is 1. The van der Waals surface area contributed by atoms with Crippen molar-refractivity contribution in [3.05, 3.63) is 59.7 Å². The average molecular weight is 442 g/mol. The predicted molar refractivity (Wildman–Crippen MR) is 106 cm³/mol. The molecule has 0 radical (unpaired) electrons. The maximum atomic E-state index is 12.5. The van der Waals surface area contributed by atoms with Gasteiger partial charge in [-0.05, 0) is 36.2 Å².